The molecule has 2 nitrogen and oxygen atoms in total. The Morgan fingerprint density at radius 1 is 1.09 bits per heavy atom. The summed E-state index contributed by atoms with van der Waals surface area (Å²) in [5, 5.41) is 0. The van der Waals surface area contributed by atoms with E-state index in [0.29, 0.717) is 11.8 Å². The van der Waals surface area contributed by atoms with Crippen molar-refractivity contribution in [3.63, 3.8) is 0 Å². The van der Waals surface area contributed by atoms with Gasteiger partial charge in [-0.15, -0.1) is 0 Å². The molecular weight excluding hydrogens is 272 g/mol. The largest absolute Gasteiger partial charge is 0.352 e. The van der Waals surface area contributed by atoms with Crippen LogP contribution in [-0.2, 0) is 15.9 Å². The van der Waals surface area contributed by atoms with Gasteiger partial charge in [0.05, 0.1) is 13.2 Å². The van der Waals surface area contributed by atoms with Gasteiger partial charge >= 0.3 is 0 Å². The van der Waals surface area contributed by atoms with Crippen molar-refractivity contribution in [1.82, 2.24) is 0 Å². The fourth-order valence-corrected chi connectivity index (χ4v) is 4.03. The van der Waals surface area contributed by atoms with Crippen LogP contribution in [0.25, 0.3) is 0 Å². The zero-order valence-electron chi connectivity index (χ0n) is 14.0. The molecule has 22 heavy (non-hydrogen) atoms. The quantitative estimate of drug-likeness (QED) is 0.759. The molecule has 0 N–H and O–H groups in total. The van der Waals surface area contributed by atoms with Gasteiger partial charge in [-0.05, 0) is 37.2 Å². The van der Waals surface area contributed by atoms with Gasteiger partial charge in [0.2, 0.25) is 0 Å². The third kappa shape index (κ3) is 3.13. The van der Waals surface area contributed by atoms with Crippen LogP contribution in [0.4, 0.5) is 0 Å². The Morgan fingerprint density at radius 3 is 2.41 bits per heavy atom. The van der Waals surface area contributed by atoms with Gasteiger partial charge in [0, 0.05) is 11.8 Å². The second kappa shape index (κ2) is 6.55. The van der Waals surface area contributed by atoms with Crippen LogP contribution in [0, 0.1) is 17.3 Å². The van der Waals surface area contributed by atoms with Crippen LogP contribution < -0.4 is 0 Å². The van der Waals surface area contributed by atoms with Crippen molar-refractivity contribution in [3.8, 4) is 0 Å². The first-order chi connectivity index (χ1) is 10.6. The highest BCUT2D eigenvalue weighted by Gasteiger charge is 2.46. The molecule has 0 saturated carbocycles. The highest BCUT2D eigenvalue weighted by Crippen LogP contribution is 2.47. The summed E-state index contributed by atoms with van der Waals surface area (Å²) < 4.78 is 12.2. The first-order valence-electron chi connectivity index (χ1n) is 8.54. The Morgan fingerprint density at radius 2 is 1.77 bits per heavy atom. The zero-order valence-corrected chi connectivity index (χ0v) is 14.0. The van der Waals surface area contributed by atoms with Gasteiger partial charge in [0.25, 0.3) is 0 Å². The Labute approximate surface area is 134 Å². The van der Waals surface area contributed by atoms with Crippen molar-refractivity contribution in [3.05, 3.63) is 47.5 Å². The smallest absolute Gasteiger partial charge is 0.157 e. The standard InChI is InChI=1S/C20H28O2/c1-15-11-16(2)20(17(3)12-15)13-21-19(22-14-20)10-9-18-7-5-4-6-8-18/h4-8,11,16-17,19H,9-10,12-14H2,1-3H3/t16-,17+,19?,20?/m1/s1. The summed E-state index contributed by atoms with van der Waals surface area (Å²) in [7, 11) is 0. The highest BCUT2D eigenvalue weighted by molar-refractivity contribution is 5.15. The third-order valence-electron chi connectivity index (χ3n) is 5.64. The maximum absolute atomic E-state index is 6.12. The monoisotopic (exact) mass is 300 g/mol. The first kappa shape index (κ1) is 15.8. The average molecular weight is 300 g/mol. The van der Waals surface area contributed by atoms with E-state index in [-0.39, 0.29) is 11.7 Å². The van der Waals surface area contributed by atoms with Gasteiger partial charge in [-0.3, -0.25) is 0 Å². The fourth-order valence-electron chi connectivity index (χ4n) is 4.03. The number of rotatable bonds is 3. The van der Waals surface area contributed by atoms with E-state index in [1.807, 2.05) is 0 Å². The molecule has 120 valence electrons. The minimum absolute atomic E-state index is 0.0442. The molecule has 2 aliphatic rings. The minimum atomic E-state index is -0.0442. The SMILES string of the molecule is CC1=C[C@@H](C)C2(COC(CCc3ccccc3)OC2)[C@@H](C)C1. The van der Waals surface area contributed by atoms with E-state index in [4.69, 9.17) is 9.47 Å². The average Bonchev–Trinajstić information content (AvgIpc) is 2.53. The Kier molecular flexibility index (Phi) is 4.70. The van der Waals surface area contributed by atoms with Gasteiger partial charge in [0.1, 0.15) is 0 Å². The van der Waals surface area contributed by atoms with Crippen LogP contribution in [0.5, 0.6) is 0 Å². The molecule has 0 aromatic heterocycles. The summed E-state index contributed by atoms with van der Waals surface area (Å²) in [6.45, 7) is 8.57. The van der Waals surface area contributed by atoms with Crippen LogP contribution in [0.3, 0.4) is 0 Å². The summed E-state index contributed by atoms with van der Waals surface area (Å²) in [5.41, 5.74) is 3.03. The van der Waals surface area contributed by atoms with Crippen molar-refractivity contribution in [2.45, 2.75) is 46.3 Å². The predicted octanol–water partition coefficient (Wildman–Crippen LogP) is 4.60. The summed E-state index contributed by atoms with van der Waals surface area (Å²) in [4.78, 5) is 0. The summed E-state index contributed by atoms with van der Waals surface area (Å²) >= 11 is 0. The third-order valence-corrected chi connectivity index (χ3v) is 5.64. The van der Waals surface area contributed by atoms with Crippen molar-refractivity contribution < 1.29 is 9.47 Å². The van der Waals surface area contributed by atoms with Crippen molar-refractivity contribution in [2.24, 2.45) is 17.3 Å². The molecule has 0 radical (unpaired) electrons. The van der Waals surface area contributed by atoms with Crippen LogP contribution in [0.1, 0.15) is 39.2 Å². The molecule has 1 aromatic carbocycles. The second-order valence-corrected chi connectivity index (χ2v) is 7.22. The second-order valence-electron chi connectivity index (χ2n) is 7.22. The summed E-state index contributed by atoms with van der Waals surface area (Å²) in [6, 6.07) is 10.6. The van der Waals surface area contributed by atoms with Gasteiger partial charge in [0.15, 0.2) is 6.29 Å². The molecule has 0 unspecified atom stereocenters. The molecule has 1 aromatic rings. The zero-order chi connectivity index (χ0) is 15.6. The number of aryl methyl sites for hydroxylation is 1. The van der Waals surface area contributed by atoms with Crippen LogP contribution >= 0.6 is 0 Å². The molecule has 1 spiro atoms. The van der Waals surface area contributed by atoms with Gasteiger partial charge in [-0.25, -0.2) is 0 Å². The molecule has 3 rings (SSSR count). The maximum atomic E-state index is 6.12. The van der Waals surface area contributed by atoms with E-state index >= 15 is 0 Å². The lowest BCUT2D eigenvalue weighted by molar-refractivity contribution is -0.251. The van der Waals surface area contributed by atoms with E-state index in [2.05, 4.69) is 57.2 Å². The summed E-state index contributed by atoms with van der Waals surface area (Å²) in [5.74, 6) is 1.16. The van der Waals surface area contributed by atoms with E-state index in [1.165, 1.54) is 17.6 Å². The number of hydrogen-bond donors (Lipinski definition) is 0. The number of hydrogen-bond acceptors (Lipinski definition) is 2. The van der Waals surface area contributed by atoms with Crippen molar-refractivity contribution in [2.75, 3.05) is 13.2 Å². The number of ether oxygens (including phenoxy) is 2. The molecular formula is C20H28O2. The Hall–Kier alpha value is -1.12. The van der Waals surface area contributed by atoms with E-state index < -0.39 is 0 Å². The Balaban J connectivity index is 1.56. The molecule has 0 amide bonds. The predicted molar refractivity (Wildman–Crippen MR) is 89.6 cm³/mol. The van der Waals surface area contributed by atoms with Gasteiger partial charge in [-0.1, -0.05) is 55.8 Å². The van der Waals surface area contributed by atoms with Crippen LogP contribution in [0.15, 0.2) is 42.0 Å². The van der Waals surface area contributed by atoms with E-state index in [1.54, 1.807) is 0 Å². The maximum Gasteiger partial charge on any atom is 0.157 e. The van der Waals surface area contributed by atoms with Crippen molar-refractivity contribution in [1.29, 1.82) is 0 Å². The molecule has 0 bridgehead atoms. The molecule has 1 aliphatic carbocycles. The first-order valence-corrected chi connectivity index (χ1v) is 8.54. The molecule has 2 heteroatoms. The van der Waals surface area contributed by atoms with Crippen molar-refractivity contribution >= 4 is 0 Å². The topological polar surface area (TPSA) is 18.5 Å². The normalized spacial score (nSPS) is 35.4. The molecule has 1 aliphatic heterocycles. The number of benzene rings is 1. The highest BCUT2D eigenvalue weighted by atomic mass is 16.7. The van der Waals surface area contributed by atoms with E-state index in [0.717, 1.165) is 26.1 Å². The summed E-state index contributed by atoms with van der Waals surface area (Å²) in [6.07, 6.45) is 5.50. The lowest BCUT2D eigenvalue weighted by Gasteiger charge is -2.49. The molecule has 1 saturated heterocycles. The number of allylic oxidation sites excluding steroid dienone is 2. The van der Waals surface area contributed by atoms with Crippen LogP contribution in [-0.4, -0.2) is 19.5 Å². The van der Waals surface area contributed by atoms with Gasteiger partial charge in [-0.2, -0.15) is 0 Å². The fraction of sp³-hybridized carbons (Fsp3) is 0.600. The molecule has 2 atom stereocenters. The molecule has 1 heterocycles. The van der Waals surface area contributed by atoms with Gasteiger partial charge < -0.3 is 9.47 Å². The molecule has 1 fully saturated rings. The minimum Gasteiger partial charge on any atom is -0.352 e. The van der Waals surface area contributed by atoms with Crippen LogP contribution in [0.2, 0.25) is 0 Å². The lowest BCUT2D eigenvalue weighted by Crippen LogP contribution is -2.50. The van der Waals surface area contributed by atoms with E-state index in [9.17, 15) is 0 Å². The lowest BCUT2D eigenvalue weighted by atomic mass is 9.63. The Bertz CT molecular complexity index is 512.